The normalized spacial score (nSPS) is 16.2. The number of aromatic nitrogens is 1. The number of halogens is 3. The van der Waals surface area contributed by atoms with Gasteiger partial charge in [0.2, 0.25) is 5.91 Å². The Kier molecular flexibility index (Phi) is 9.19. The molecule has 0 fully saturated rings. The Labute approximate surface area is 240 Å². The minimum Gasteiger partial charge on any atom is -0.344 e. The van der Waals surface area contributed by atoms with E-state index in [4.69, 9.17) is 0 Å². The zero-order valence-electron chi connectivity index (χ0n) is 22.9. The second-order valence-electron chi connectivity index (χ2n) is 10.1. The van der Waals surface area contributed by atoms with Crippen molar-refractivity contribution < 1.29 is 32.3 Å². The Hall–Kier alpha value is -4.80. The van der Waals surface area contributed by atoms with Gasteiger partial charge in [0, 0.05) is 18.0 Å². The molecule has 2 atom stereocenters. The number of alkyl halides is 3. The van der Waals surface area contributed by atoms with Crippen molar-refractivity contribution in [3.63, 3.8) is 0 Å². The smallest absolute Gasteiger partial charge is 0.344 e. The van der Waals surface area contributed by atoms with Crippen molar-refractivity contribution in [1.82, 2.24) is 20.1 Å². The third-order valence-electron chi connectivity index (χ3n) is 6.64. The number of ketones is 1. The molecule has 0 bridgehead atoms. The summed E-state index contributed by atoms with van der Waals surface area (Å²) in [5, 5.41) is 2.20. The zero-order valence-corrected chi connectivity index (χ0v) is 22.9. The van der Waals surface area contributed by atoms with E-state index in [2.05, 4.69) is 10.3 Å². The van der Waals surface area contributed by atoms with Crippen LogP contribution in [0.4, 0.5) is 13.2 Å². The van der Waals surface area contributed by atoms with Crippen LogP contribution in [0.3, 0.4) is 0 Å². The maximum Gasteiger partial charge on any atom is 0.391 e. The van der Waals surface area contributed by atoms with E-state index in [-0.39, 0.29) is 17.0 Å². The quantitative estimate of drug-likeness (QED) is 0.371. The van der Waals surface area contributed by atoms with Gasteiger partial charge in [-0.05, 0) is 23.6 Å². The van der Waals surface area contributed by atoms with Gasteiger partial charge in [-0.25, -0.2) is 0 Å². The molecule has 4 rings (SSSR count). The van der Waals surface area contributed by atoms with Crippen LogP contribution < -0.4 is 5.32 Å². The second kappa shape index (κ2) is 12.8. The molecule has 0 aliphatic carbocycles. The Morgan fingerprint density at radius 2 is 1.55 bits per heavy atom. The first-order valence-electron chi connectivity index (χ1n) is 13.2. The highest BCUT2D eigenvalue weighted by atomic mass is 19.4. The molecule has 1 aliphatic heterocycles. The molecule has 218 valence electrons. The van der Waals surface area contributed by atoms with Crippen molar-refractivity contribution in [1.29, 1.82) is 0 Å². The first-order valence-corrected chi connectivity index (χ1v) is 13.2. The molecule has 3 amide bonds. The van der Waals surface area contributed by atoms with Crippen LogP contribution >= 0.6 is 0 Å². The molecule has 0 saturated heterocycles. The molecule has 2 aromatic carbocycles. The third-order valence-corrected chi connectivity index (χ3v) is 6.64. The number of carbonyl (C=O) groups is 4. The number of rotatable bonds is 9. The van der Waals surface area contributed by atoms with Gasteiger partial charge in [-0.3, -0.25) is 34.0 Å². The molecule has 0 radical (unpaired) electrons. The molecule has 0 spiro atoms. The van der Waals surface area contributed by atoms with Crippen molar-refractivity contribution in [3.8, 4) is 0 Å². The molecule has 1 N–H and O–H groups in total. The maximum absolute atomic E-state index is 13.9. The van der Waals surface area contributed by atoms with Gasteiger partial charge in [-0.15, -0.1) is 0 Å². The molecule has 3 aromatic rings. The maximum atomic E-state index is 13.9. The van der Waals surface area contributed by atoms with Gasteiger partial charge in [0.25, 0.3) is 11.8 Å². The summed E-state index contributed by atoms with van der Waals surface area (Å²) in [6.45, 7) is 2.79. The van der Waals surface area contributed by atoms with Crippen molar-refractivity contribution in [3.05, 3.63) is 108 Å². The zero-order chi connectivity index (χ0) is 30.4. The summed E-state index contributed by atoms with van der Waals surface area (Å²) in [4.78, 5) is 60.1. The molecule has 1 aromatic heterocycles. The summed E-state index contributed by atoms with van der Waals surface area (Å²) in [6, 6.07) is 17.7. The van der Waals surface area contributed by atoms with E-state index in [0.29, 0.717) is 5.56 Å². The highest BCUT2D eigenvalue weighted by molar-refractivity contribution is 6.04. The summed E-state index contributed by atoms with van der Waals surface area (Å²) >= 11 is 0. The number of Topliss-reactive ketones (excluding diaryl/α,β-unsaturated/α-hetero) is 1. The highest BCUT2D eigenvalue weighted by Crippen LogP contribution is 2.31. The lowest BCUT2D eigenvalue weighted by Gasteiger charge is -2.41. The number of hydrogen-bond acceptors (Lipinski definition) is 5. The lowest BCUT2D eigenvalue weighted by atomic mass is 9.96. The van der Waals surface area contributed by atoms with E-state index in [1.807, 2.05) is 0 Å². The molecule has 2 heterocycles. The van der Waals surface area contributed by atoms with Crippen LogP contribution in [-0.2, 0) is 9.59 Å². The predicted molar refractivity (Wildman–Crippen MR) is 149 cm³/mol. The first-order chi connectivity index (χ1) is 20.0. The Bertz CT molecular complexity index is 1460. The van der Waals surface area contributed by atoms with Crippen molar-refractivity contribution in [2.24, 2.45) is 5.92 Å². The van der Waals surface area contributed by atoms with Crippen LogP contribution in [0.25, 0.3) is 5.70 Å². The minimum absolute atomic E-state index is 0.00881. The second-order valence-corrected chi connectivity index (χ2v) is 10.1. The topological polar surface area (TPSA) is 99.7 Å². The number of benzene rings is 2. The van der Waals surface area contributed by atoms with E-state index < -0.39 is 60.6 Å². The molecule has 11 heteroatoms. The lowest BCUT2D eigenvalue weighted by molar-refractivity contribution is -0.142. The van der Waals surface area contributed by atoms with Crippen molar-refractivity contribution >= 4 is 29.2 Å². The SMILES string of the molecule is CC(C)[C@H]1C(=O)N(CC(=O)N[C@@H](CC(F)(F)F)C(=O)c2ccccc2)C(c2ccccc2)=CN1C(=O)c1ccccn1. The fraction of sp³-hybridized carbons (Fsp3) is 0.258. The van der Waals surface area contributed by atoms with Crippen LogP contribution in [0.15, 0.2) is 91.3 Å². The van der Waals surface area contributed by atoms with Gasteiger partial charge in [0.1, 0.15) is 24.3 Å². The summed E-state index contributed by atoms with van der Waals surface area (Å²) in [6.07, 6.45) is -3.42. The van der Waals surface area contributed by atoms with E-state index in [9.17, 15) is 32.3 Å². The average Bonchev–Trinajstić information content (AvgIpc) is 2.97. The molecule has 0 saturated carbocycles. The van der Waals surface area contributed by atoms with Gasteiger partial charge >= 0.3 is 6.18 Å². The van der Waals surface area contributed by atoms with Crippen LogP contribution in [0.2, 0.25) is 0 Å². The molecular formula is C31H29F3N4O4. The van der Waals surface area contributed by atoms with E-state index in [1.165, 1.54) is 47.6 Å². The number of amides is 3. The van der Waals surface area contributed by atoms with Gasteiger partial charge in [0.15, 0.2) is 5.78 Å². The average molecular weight is 579 g/mol. The monoisotopic (exact) mass is 578 g/mol. The molecule has 8 nitrogen and oxygen atoms in total. The van der Waals surface area contributed by atoms with Gasteiger partial charge < -0.3 is 5.32 Å². The third kappa shape index (κ3) is 7.09. The molecule has 0 unspecified atom stereocenters. The highest BCUT2D eigenvalue weighted by Gasteiger charge is 2.42. The number of hydrogen-bond donors (Lipinski definition) is 1. The predicted octanol–water partition coefficient (Wildman–Crippen LogP) is 4.71. The molecular weight excluding hydrogens is 549 g/mol. The minimum atomic E-state index is -4.74. The molecule has 42 heavy (non-hydrogen) atoms. The van der Waals surface area contributed by atoms with Crippen LogP contribution in [0, 0.1) is 5.92 Å². The van der Waals surface area contributed by atoms with Gasteiger partial charge in [-0.1, -0.05) is 80.6 Å². The Balaban J connectivity index is 1.69. The first kappa shape index (κ1) is 30.2. The van der Waals surface area contributed by atoms with E-state index >= 15 is 0 Å². The number of nitrogens with zero attached hydrogens (tertiary/aromatic N) is 3. The summed E-state index contributed by atoms with van der Waals surface area (Å²) in [7, 11) is 0. The van der Waals surface area contributed by atoms with Gasteiger partial charge in [-0.2, -0.15) is 13.2 Å². The largest absolute Gasteiger partial charge is 0.391 e. The fourth-order valence-corrected chi connectivity index (χ4v) is 4.72. The van der Waals surface area contributed by atoms with E-state index in [0.717, 1.165) is 4.90 Å². The van der Waals surface area contributed by atoms with Crippen molar-refractivity contribution in [2.45, 2.75) is 38.5 Å². The number of pyridine rings is 1. The van der Waals surface area contributed by atoms with Crippen molar-refractivity contribution in [2.75, 3.05) is 6.54 Å². The van der Waals surface area contributed by atoms with Crippen LogP contribution in [0.5, 0.6) is 0 Å². The molecule has 1 aliphatic rings. The number of nitrogens with one attached hydrogen (secondary N) is 1. The standard InChI is InChI=1S/C31H29F3N4O4/c1-20(2)27-30(42)37(19-26(39)36-24(17-31(32,33)34)28(40)22-13-7-4-8-14-22)25(21-11-5-3-6-12-21)18-38(27)29(41)23-15-9-10-16-35-23/h3-16,18,20,24,27H,17,19H2,1-2H3,(H,36,39)/t24-,27-/m0/s1. The van der Waals surface area contributed by atoms with Crippen LogP contribution in [0.1, 0.15) is 46.7 Å². The van der Waals surface area contributed by atoms with E-state index in [1.54, 1.807) is 62.4 Å². The lowest BCUT2D eigenvalue weighted by Crippen LogP contribution is -2.57. The summed E-state index contributed by atoms with van der Waals surface area (Å²) in [5.41, 5.74) is 0.806. The summed E-state index contributed by atoms with van der Waals surface area (Å²) < 4.78 is 40.2. The fourth-order valence-electron chi connectivity index (χ4n) is 4.72. The Morgan fingerprint density at radius 3 is 2.12 bits per heavy atom. The van der Waals surface area contributed by atoms with Crippen LogP contribution in [-0.4, -0.2) is 63.1 Å². The Morgan fingerprint density at radius 1 is 0.929 bits per heavy atom. The number of carbonyl (C=O) groups excluding carboxylic acids is 4. The van der Waals surface area contributed by atoms with Gasteiger partial charge in [0.05, 0.1) is 12.1 Å². The summed E-state index contributed by atoms with van der Waals surface area (Å²) in [5.74, 6) is -3.40.